The maximum Gasteiger partial charge on any atom is 0.240 e. The zero-order chi connectivity index (χ0) is 10.4. The molecule has 3 heteroatoms. The second kappa shape index (κ2) is 3.27. The Morgan fingerprint density at radius 1 is 1.40 bits per heavy atom. The average Bonchev–Trinajstić information content (AvgIpc) is 2.17. The number of rotatable bonds is 1. The Morgan fingerprint density at radius 3 is 2.80 bits per heavy atom. The lowest BCUT2D eigenvalue weighted by molar-refractivity contribution is -0.119. The van der Waals surface area contributed by atoms with Gasteiger partial charge in [-0.1, -0.05) is 18.2 Å². The molecule has 1 amide bonds. The molecule has 78 valence electrons. The van der Waals surface area contributed by atoms with E-state index < -0.39 is 0 Å². The van der Waals surface area contributed by atoms with Crippen molar-refractivity contribution in [3.8, 4) is 0 Å². The van der Waals surface area contributed by atoms with E-state index in [4.69, 9.17) is 0 Å². The highest BCUT2D eigenvalue weighted by Crippen LogP contribution is 2.44. The van der Waals surface area contributed by atoms with E-state index >= 15 is 0 Å². The monoisotopic (exact) mass is 219 g/mol. The van der Waals surface area contributed by atoms with Crippen LogP contribution in [0.1, 0.15) is 12.0 Å². The molecular formula is C12H13NOS. The number of thioether (sulfide) groups is 1. The standard InChI is InChI=1S/C12H13NOS/c1-8-4-2-3-5-10(8)13-7-9-6-11(15-9)12(13)14/h2-5,9,11H,6-7H2,1H3. The minimum absolute atomic E-state index is 0.239. The van der Waals surface area contributed by atoms with Gasteiger partial charge in [-0.05, 0) is 25.0 Å². The number of nitrogens with zero attached hydrogens (tertiary/aromatic N) is 1. The van der Waals surface area contributed by atoms with E-state index in [1.165, 1.54) is 5.56 Å². The molecule has 3 heterocycles. The minimum Gasteiger partial charge on any atom is -0.310 e. The number of carbonyl (C=O) groups excluding carboxylic acids is 1. The predicted molar refractivity (Wildman–Crippen MR) is 63.3 cm³/mol. The van der Waals surface area contributed by atoms with Crippen LogP contribution in [0.3, 0.4) is 0 Å². The van der Waals surface area contributed by atoms with Crippen molar-refractivity contribution in [3.05, 3.63) is 29.8 Å². The van der Waals surface area contributed by atoms with E-state index in [0.29, 0.717) is 11.2 Å². The van der Waals surface area contributed by atoms with Gasteiger partial charge in [0.05, 0.1) is 5.25 Å². The summed E-state index contributed by atoms with van der Waals surface area (Å²) in [5, 5.41) is 0.913. The first-order valence-electron chi connectivity index (χ1n) is 5.28. The van der Waals surface area contributed by atoms with Gasteiger partial charge >= 0.3 is 0 Å². The van der Waals surface area contributed by atoms with Crippen LogP contribution in [-0.2, 0) is 4.79 Å². The molecule has 0 saturated carbocycles. The molecule has 2 bridgehead atoms. The van der Waals surface area contributed by atoms with Crippen molar-refractivity contribution in [2.45, 2.75) is 23.8 Å². The van der Waals surface area contributed by atoms with Crippen LogP contribution in [0.4, 0.5) is 5.69 Å². The Hall–Kier alpha value is -0.960. The number of piperidine rings is 1. The molecule has 0 aliphatic carbocycles. The highest BCUT2D eigenvalue weighted by molar-refractivity contribution is 8.02. The molecular weight excluding hydrogens is 206 g/mol. The molecule has 3 aliphatic rings. The van der Waals surface area contributed by atoms with Gasteiger partial charge in [0.2, 0.25) is 5.91 Å². The number of benzene rings is 1. The number of aryl methyl sites for hydroxylation is 1. The number of hydrogen-bond acceptors (Lipinski definition) is 2. The Kier molecular flexibility index (Phi) is 2.02. The van der Waals surface area contributed by atoms with Gasteiger partial charge in [-0.15, -0.1) is 11.8 Å². The molecule has 0 aromatic heterocycles. The van der Waals surface area contributed by atoms with Crippen LogP contribution >= 0.6 is 11.8 Å². The van der Waals surface area contributed by atoms with Crippen LogP contribution in [0, 0.1) is 6.92 Å². The molecule has 3 fully saturated rings. The second-order valence-electron chi connectivity index (χ2n) is 4.22. The molecule has 0 N–H and O–H groups in total. The fraction of sp³-hybridized carbons (Fsp3) is 0.417. The average molecular weight is 219 g/mol. The normalized spacial score (nSPS) is 28.9. The smallest absolute Gasteiger partial charge is 0.240 e. The summed E-state index contributed by atoms with van der Waals surface area (Å²) in [4.78, 5) is 14.0. The number of hydrogen-bond donors (Lipinski definition) is 0. The van der Waals surface area contributed by atoms with Gasteiger partial charge in [-0.3, -0.25) is 4.79 Å². The van der Waals surface area contributed by atoms with Crippen molar-refractivity contribution in [1.82, 2.24) is 0 Å². The topological polar surface area (TPSA) is 20.3 Å². The van der Waals surface area contributed by atoms with Gasteiger partial charge < -0.3 is 4.90 Å². The predicted octanol–water partition coefficient (Wildman–Crippen LogP) is 2.22. The Morgan fingerprint density at radius 2 is 2.13 bits per heavy atom. The Labute approximate surface area is 93.7 Å². The summed E-state index contributed by atoms with van der Waals surface area (Å²) in [5.41, 5.74) is 2.29. The summed E-state index contributed by atoms with van der Waals surface area (Å²) in [6, 6.07) is 8.13. The quantitative estimate of drug-likeness (QED) is 0.722. The fourth-order valence-electron chi connectivity index (χ4n) is 2.29. The van der Waals surface area contributed by atoms with Gasteiger partial charge in [0.25, 0.3) is 0 Å². The molecule has 15 heavy (non-hydrogen) atoms. The lowest BCUT2D eigenvalue weighted by Gasteiger charge is -2.45. The van der Waals surface area contributed by atoms with Crippen LogP contribution in [-0.4, -0.2) is 23.0 Å². The zero-order valence-corrected chi connectivity index (χ0v) is 9.46. The Bertz CT molecular complexity index is 412. The maximum absolute atomic E-state index is 12.0. The van der Waals surface area contributed by atoms with Gasteiger partial charge in [0, 0.05) is 17.5 Å². The third-order valence-electron chi connectivity index (χ3n) is 3.17. The molecule has 0 spiro atoms. The molecule has 4 rings (SSSR count). The number of anilines is 1. The van der Waals surface area contributed by atoms with Crippen molar-refractivity contribution < 1.29 is 4.79 Å². The first-order chi connectivity index (χ1) is 7.25. The van der Waals surface area contributed by atoms with Crippen molar-refractivity contribution in [3.63, 3.8) is 0 Å². The van der Waals surface area contributed by atoms with E-state index in [0.717, 1.165) is 18.7 Å². The Balaban J connectivity index is 1.94. The van der Waals surface area contributed by atoms with Crippen LogP contribution in [0.15, 0.2) is 24.3 Å². The fourth-order valence-corrected chi connectivity index (χ4v) is 3.52. The van der Waals surface area contributed by atoms with Crippen LogP contribution in [0.25, 0.3) is 0 Å². The molecule has 3 saturated heterocycles. The van der Waals surface area contributed by atoms with Crippen LogP contribution < -0.4 is 4.90 Å². The van der Waals surface area contributed by atoms with Crippen LogP contribution in [0.2, 0.25) is 0 Å². The van der Waals surface area contributed by atoms with Gasteiger partial charge in [0.15, 0.2) is 0 Å². The lowest BCUT2D eigenvalue weighted by Crippen LogP contribution is -2.55. The SMILES string of the molecule is Cc1ccccc1N1CC2CC(S2)C1=O. The van der Waals surface area contributed by atoms with E-state index in [9.17, 15) is 4.79 Å². The van der Waals surface area contributed by atoms with E-state index in [1.54, 1.807) is 0 Å². The third kappa shape index (κ3) is 1.37. The lowest BCUT2D eigenvalue weighted by atomic mass is 10.1. The van der Waals surface area contributed by atoms with Crippen molar-refractivity contribution >= 4 is 23.4 Å². The number of fused-ring (bicyclic) bond motifs is 2. The second-order valence-corrected chi connectivity index (χ2v) is 5.73. The van der Waals surface area contributed by atoms with Gasteiger partial charge in [0.1, 0.15) is 0 Å². The highest BCUT2D eigenvalue weighted by Gasteiger charge is 2.45. The van der Waals surface area contributed by atoms with E-state index in [2.05, 4.69) is 13.0 Å². The van der Waals surface area contributed by atoms with Gasteiger partial charge in [-0.25, -0.2) is 0 Å². The van der Waals surface area contributed by atoms with E-state index in [-0.39, 0.29) is 5.25 Å². The maximum atomic E-state index is 12.0. The zero-order valence-electron chi connectivity index (χ0n) is 8.64. The molecule has 2 atom stereocenters. The van der Waals surface area contributed by atoms with Crippen molar-refractivity contribution in [1.29, 1.82) is 0 Å². The summed E-state index contributed by atoms with van der Waals surface area (Å²) >= 11 is 1.84. The third-order valence-corrected chi connectivity index (χ3v) is 4.62. The van der Waals surface area contributed by atoms with Crippen molar-refractivity contribution in [2.75, 3.05) is 11.4 Å². The summed E-state index contributed by atoms with van der Waals surface area (Å²) in [7, 11) is 0. The summed E-state index contributed by atoms with van der Waals surface area (Å²) in [5.74, 6) is 0.303. The van der Waals surface area contributed by atoms with Crippen molar-refractivity contribution in [2.24, 2.45) is 0 Å². The molecule has 1 aromatic carbocycles. The largest absolute Gasteiger partial charge is 0.310 e. The molecule has 2 nitrogen and oxygen atoms in total. The number of para-hydroxylation sites is 1. The number of amides is 1. The summed E-state index contributed by atoms with van der Waals surface area (Å²) in [6.45, 7) is 2.96. The molecule has 1 aromatic rings. The molecule has 0 radical (unpaired) electrons. The highest BCUT2D eigenvalue weighted by atomic mass is 32.2. The first-order valence-corrected chi connectivity index (χ1v) is 6.22. The van der Waals surface area contributed by atoms with Gasteiger partial charge in [-0.2, -0.15) is 0 Å². The summed E-state index contributed by atoms with van der Waals surface area (Å²) < 4.78 is 0. The van der Waals surface area contributed by atoms with Crippen LogP contribution in [0.5, 0.6) is 0 Å². The number of carbonyl (C=O) groups is 1. The molecule has 3 aliphatic heterocycles. The summed E-state index contributed by atoms with van der Waals surface area (Å²) in [6.07, 6.45) is 1.09. The van der Waals surface area contributed by atoms with E-state index in [1.807, 2.05) is 34.9 Å². The minimum atomic E-state index is 0.239. The molecule has 2 unspecified atom stereocenters. The first kappa shape index (κ1) is 9.28.